The van der Waals surface area contributed by atoms with E-state index in [1.807, 2.05) is 45.0 Å². The fourth-order valence-electron chi connectivity index (χ4n) is 9.31. The highest BCUT2D eigenvalue weighted by atomic mass is 35.5. The topological polar surface area (TPSA) is 261 Å². The molecule has 6 N–H and O–H groups in total. The van der Waals surface area contributed by atoms with Crippen LogP contribution in [0.3, 0.4) is 0 Å². The molecule has 0 aliphatic carbocycles. The number of likely N-dealkylation sites (tertiary alicyclic amines) is 1. The molecule has 2 aliphatic rings. The number of thiazole rings is 1. The Hall–Kier alpha value is -6.82. The number of aryl methyl sites for hydroxylation is 1. The number of nitrogens with zero attached hydrogens (tertiary/aromatic N) is 6. The SMILES string of the molecule is Cc1ncsc1-c1ccc(CNC(=O)[C@@H]2C[C@@H](O)CN2C(=O)C(NC(=O)COCCOCC(=O)N2[C@H](C)CN(C(=O)c3ccc(NC(=O)c4cc(OC(C)c5c(Cl)ccc(F)c5Cl)c(N)nn4)cc3)C[C@@H]2C)C(C)(C)C)cc1. The Balaban J connectivity index is 0.819. The zero-order chi connectivity index (χ0) is 56.6. The number of nitrogens with two attached hydrogens (primary N) is 1. The number of β-amino-alcohol motifs (C(OH)–C–C–N with tert-alkyl or cyclic N) is 1. The summed E-state index contributed by atoms with van der Waals surface area (Å²) >= 11 is 13.9. The van der Waals surface area contributed by atoms with Crippen molar-refractivity contribution in [2.24, 2.45) is 5.41 Å². The molecule has 416 valence electrons. The van der Waals surface area contributed by atoms with Crippen LogP contribution in [0.1, 0.15) is 91.7 Å². The van der Waals surface area contributed by atoms with Crippen molar-refractivity contribution in [3.05, 3.63) is 116 Å². The molecule has 6 amide bonds. The number of rotatable bonds is 19. The summed E-state index contributed by atoms with van der Waals surface area (Å²) in [7, 11) is 0. The minimum absolute atomic E-state index is 0.0109. The first-order chi connectivity index (χ1) is 37.0. The van der Waals surface area contributed by atoms with Gasteiger partial charge in [0.1, 0.15) is 37.2 Å². The molecule has 2 aromatic heterocycles. The second-order valence-electron chi connectivity index (χ2n) is 20.3. The quantitative estimate of drug-likeness (QED) is 0.0454. The Morgan fingerprint density at radius 2 is 1.59 bits per heavy atom. The first kappa shape index (κ1) is 58.9. The first-order valence-electron chi connectivity index (χ1n) is 25.2. The number of carbonyl (C=O) groups is 6. The molecule has 2 fully saturated rings. The van der Waals surface area contributed by atoms with Crippen LogP contribution in [0.25, 0.3) is 10.4 Å². The van der Waals surface area contributed by atoms with Gasteiger partial charge >= 0.3 is 0 Å². The number of amides is 6. The van der Waals surface area contributed by atoms with Crippen LogP contribution in [-0.4, -0.2) is 147 Å². The number of hydrogen-bond donors (Lipinski definition) is 5. The molecule has 3 aromatic carbocycles. The zero-order valence-corrected chi connectivity index (χ0v) is 46.5. The monoisotopic (exact) mass is 1130 g/mol. The molecular weight excluding hydrogens is 1070 g/mol. The number of halogens is 3. The number of hydrogen-bond acceptors (Lipinski definition) is 15. The highest BCUT2D eigenvalue weighted by Gasteiger charge is 2.44. The second kappa shape index (κ2) is 25.8. The Labute approximate surface area is 465 Å². The number of nitrogens with one attached hydrogen (secondary N) is 3. The van der Waals surface area contributed by atoms with Gasteiger partial charge in [0.15, 0.2) is 17.3 Å². The lowest BCUT2D eigenvalue weighted by molar-refractivity contribution is -0.145. The van der Waals surface area contributed by atoms with Gasteiger partial charge in [-0.3, -0.25) is 28.8 Å². The number of anilines is 2. The third-order valence-corrected chi connectivity index (χ3v) is 14.9. The maximum atomic E-state index is 14.2. The lowest BCUT2D eigenvalue weighted by Crippen LogP contribution is -2.60. The third kappa shape index (κ3) is 14.5. The van der Waals surface area contributed by atoms with Crippen molar-refractivity contribution in [2.75, 3.05) is 57.1 Å². The molecule has 20 nitrogen and oxygen atoms in total. The average molecular weight is 1130 g/mol. The van der Waals surface area contributed by atoms with Gasteiger partial charge in [0.2, 0.25) is 23.6 Å². The average Bonchev–Trinajstić information content (AvgIpc) is 4.10. The van der Waals surface area contributed by atoms with E-state index in [4.69, 9.17) is 43.1 Å². The highest BCUT2D eigenvalue weighted by Crippen LogP contribution is 2.36. The molecule has 0 radical (unpaired) electrons. The molecule has 5 aromatic rings. The van der Waals surface area contributed by atoms with Gasteiger partial charge in [0, 0.05) is 72.6 Å². The van der Waals surface area contributed by atoms with Gasteiger partial charge in [-0.1, -0.05) is 68.2 Å². The zero-order valence-electron chi connectivity index (χ0n) is 44.2. The van der Waals surface area contributed by atoms with Gasteiger partial charge in [-0.15, -0.1) is 21.5 Å². The summed E-state index contributed by atoms with van der Waals surface area (Å²) in [6, 6.07) is 15.1. The fraction of sp³-hybridized carbons (Fsp3) is 0.426. The van der Waals surface area contributed by atoms with E-state index in [-0.39, 0.29) is 109 Å². The summed E-state index contributed by atoms with van der Waals surface area (Å²) < 4.78 is 31.2. The van der Waals surface area contributed by atoms with Gasteiger partial charge in [0.25, 0.3) is 11.8 Å². The van der Waals surface area contributed by atoms with E-state index >= 15 is 0 Å². The largest absolute Gasteiger partial charge is 0.482 e. The predicted octanol–water partition coefficient (Wildman–Crippen LogP) is 6.23. The maximum Gasteiger partial charge on any atom is 0.276 e. The minimum atomic E-state index is -1.05. The summed E-state index contributed by atoms with van der Waals surface area (Å²) in [5.74, 6) is -3.53. The standard InChI is InChI=1S/C54H63Cl2FN10O10S/c1-29-23-65(52(73)35-12-14-36(15-13-35)61-50(71)40-21-42(49(58)64-63-40)77-32(4)45-38(55)16-17-39(57)46(45)56)24-30(2)67(29)44(70)27-76-19-18-75-26-43(69)62-48(54(5,6)7)53(74)66-25-37(68)20-41(66)51(72)59-22-33-8-10-34(11-9-33)47-31(3)60-28-78-47/h8-17,21,28-30,32,37,41,48,68H,18-20,22-27H2,1-7H3,(H2,58,64)(H,59,72)(H,61,71)(H,62,69)/t29-,30+,32?,37-,41+,48?/m1/s1. The van der Waals surface area contributed by atoms with Gasteiger partial charge in [-0.05, 0) is 80.6 Å². The molecule has 0 bridgehead atoms. The number of aliphatic hydroxyl groups excluding tert-OH is 1. The minimum Gasteiger partial charge on any atom is -0.482 e. The molecule has 4 heterocycles. The summed E-state index contributed by atoms with van der Waals surface area (Å²) in [6.45, 7) is 12.5. The van der Waals surface area contributed by atoms with Gasteiger partial charge in [0.05, 0.1) is 40.4 Å². The molecule has 7 rings (SSSR count). The van der Waals surface area contributed by atoms with Crippen LogP contribution < -0.4 is 26.4 Å². The highest BCUT2D eigenvalue weighted by molar-refractivity contribution is 7.13. The Morgan fingerprint density at radius 3 is 2.23 bits per heavy atom. The van der Waals surface area contributed by atoms with Crippen LogP contribution in [0.5, 0.6) is 5.75 Å². The van der Waals surface area contributed by atoms with E-state index in [0.717, 1.165) is 27.8 Å². The molecule has 24 heteroatoms. The number of nitrogen functional groups attached to an aromatic ring is 1. The number of aliphatic hydroxyl groups is 1. The van der Waals surface area contributed by atoms with Crippen molar-refractivity contribution in [3.63, 3.8) is 0 Å². The van der Waals surface area contributed by atoms with E-state index in [9.17, 15) is 38.3 Å². The Morgan fingerprint density at radius 1 is 0.923 bits per heavy atom. The van der Waals surface area contributed by atoms with Gasteiger partial charge < -0.3 is 55.7 Å². The molecule has 2 unspecified atom stereocenters. The van der Waals surface area contributed by atoms with E-state index in [1.54, 1.807) is 78.6 Å². The lowest BCUT2D eigenvalue weighted by atomic mass is 9.85. The number of piperazine rings is 1. The van der Waals surface area contributed by atoms with E-state index < -0.39 is 65.8 Å². The van der Waals surface area contributed by atoms with E-state index in [1.165, 1.54) is 17.0 Å². The van der Waals surface area contributed by atoms with Crippen molar-refractivity contribution in [3.8, 4) is 16.2 Å². The summed E-state index contributed by atoms with van der Waals surface area (Å²) in [5.41, 5.74) is 10.6. The number of carbonyl (C=O) groups excluding carboxylic acids is 6. The Kier molecular flexibility index (Phi) is 19.4. The predicted molar refractivity (Wildman–Crippen MR) is 291 cm³/mol. The van der Waals surface area contributed by atoms with Crippen LogP contribution in [-0.2, 0) is 35.2 Å². The van der Waals surface area contributed by atoms with Crippen molar-refractivity contribution in [1.82, 2.24) is 40.5 Å². The van der Waals surface area contributed by atoms with Crippen molar-refractivity contribution in [1.29, 1.82) is 0 Å². The molecule has 78 heavy (non-hydrogen) atoms. The first-order valence-corrected chi connectivity index (χ1v) is 26.8. The van der Waals surface area contributed by atoms with Gasteiger partial charge in [-0.25, -0.2) is 9.37 Å². The summed E-state index contributed by atoms with van der Waals surface area (Å²) in [6.07, 6.45) is -1.75. The number of benzene rings is 3. The van der Waals surface area contributed by atoms with E-state index in [0.29, 0.717) is 11.3 Å². The van der Waals surface area contributed by atoms with Crippen LogP contribution >= 0.6 is 34.5 Å². The number of aromatic nitrogens is 3. The molecule has 0 saturated carbocycles. The van der Waals surface area contributed by atoms with Crippen molar-refractivity contribution in [2.45, 2.75) is 97.8 Å². The van der Waals surface area contributed by atoms with Crippen LogP contribution in [0.2, 0.25) is 10.0 Å². The molecule has 2 aliphatic heterocycles. The number of ether oxygens (including phenoxy) is 3. The van der Waals surface area contributed by atoms with Gasteiger partial charge in [-0.2, -0.15) is 0 Å². The Bertz CT molecular complexity index is 2990. The molecule has 6 atom stereocenters. The smallest absolute Gasteiger partial charge is 0.276 e. The van der Waals surface area contributed by atoms with Crippen LogP contribution in [0, 0.1) is 18.2 Å². The second-order valence-corrected chi connectivity index (χ2v) is 21.9. The molecule has 0 spiro atoms. The fourth-order valence-corrected chi connectivity index (χ4v) is 10.8. The lowest BCUT2D eigenvalue weighted by Gasteiger charge is -2.44. The van der Waals surface area contributed by atoms with Crippen LogP contribution in [0.4, 0.5) is 15.9 Å². The van der Waals surface area contributed by atoms with E-state index in [2.05, 4.69) is 31.1 Å². The summed E-state index contributed by atoms with van der Waals surface area (Å²) in [5, 5.41) is 26.6. The van der Waals surface area contributed by atoms with Crippen molar-refractivity contribution >= 4 is 81.5 Å². The maximum absolute atomic E-state index is 14.2. The van der Waals surface area contributed by atoms with Crippen LogP contribution in [0.15, 0.2) is 72.2 Å². The normalized spacial score (nSPS) is 18.3. The summed E-state index contributed by atoms with van der Waals surface area (Å²) in [4.78, 5) is 90.9. The molecular formula is C54H63Cl2FN10O10S. The molecule has 2 saturated heterocycles. The van der Waals surface area contributed by atoms with Crippen molar-refractivity contribution < 1.29 is 52.5 Å². The third-order valence-electron chi connectivity index (χ3n) is 13.2.